The van der Waals surface area contributed by atoms with Gasteiger partial charge in [0.05, 0.1) is 22.7 Å². The van der Waals surface area contributed by atoms with Gasteiger partial charge in [-0.3, -0.25) is 14.5 Å². The molecule has 150 valence electrons. The number of hydrogen-bond acceptors (Lipinski definition) is 4. The number of fused-ring (bicyclic) bond motifs is 2. The van der Waals surface area contributed by atoms with Crippen LogP contribution in [-0.2, 0) is 11.3 Å². The lowest BCUT2D eigenvalue weighted by molar-refractivity contribution is -0.121. The number of rotatable bonds is 5. The van der Waals surface area contributed by atoms with Crippen molar-refractivity contribution in [3.8, 4) is 5.75 Å². The second-order valence-electron chi connectivity index (χ2n) is 7.87. The second-order valence-corrected chi connectivity index (χ2v) is 7.87. The van der Waals surface area contributed by atoms with Gasteiger partial charge in [0.1, 0.15) is 12.4 Å². The van der Waals surface area contributed by atoms with Gasteiger partial charge in [-0.2, -0.15) is 0 Å². The number of likely N-dealkylation sites (tertiary alicyclic amines) is 1. The van der Waals surface area contributed by atoms with E-state index in [-0.39, 0.29) is 17.7 Å². The van der Waals surface area contributed by atoms with Crippen LogP contribution in [-0.4, -0.2) is 41.9 Å². The van der Waals surface area contributed by atoms with Crippen LogP contribution in [0.2, 0.25) is 0 Å². The summed E-state index contributed by atoms with van der Waals surface area (Å²) in [6.07, 6.45) is 1.71. The van der Waals surface area contributed by atoms with Crippen LogP contribution in [0.4, 0.5) is 5.69 Å². The van der Waals surface area contributed by atoms with Gasteiger partial charge in [-0.1, -0.05) is 36.9 Å². The van der Waals surface area contributed by atoms with Crippen LogP contribution < -0.4 is 15.4 Å². The van der Waals surface area contributed by atoms with Crippen LogP contribution in [0, 0.1) is 5.92 Å². The molecule has 1 saturated heterocycles. The van der Waals surface area contributed by atoms with Crippen LogP contribution in [0.1, 0.15) is 22.8 Å². The first-order chi connectivity index (χ1) is 14.0. The fraction of sp³-hybridized carbons (Fsp3) is 0.304. The maximum Gasteiger partial charge on any atom is 0.253 e. The molecule has 2 aliphatic heterocycles. The summed E-state index contributed by atoms with van der Waals surface area (Å²) >= 11 is 0. The third-order valence-electron chi connectivity index (χ3n) is 5.60. The summed E-state index contributed by atoms with van der Waals surface area (Å²) in [5.74, 6) is 0.261. The van der Waals surface area contributed by atoms with Gasteiger partial charge in [0.15, 0.2) is 0 Å². The summed E-state index contributed by atoms with van der Waals surface area (Å²) in [6.45, 7) is 7.96. The van der Waals surface area contributed by atoms with Crippen molar-refractivity contribution in [1.82, 2.24) is 10.2 Å². The minimum atomic E-state index is -0.623. The van der Waals surface area contributed by atoms with E-state index in [4.69, 9.17) is 4.74 Å². The van der Waals surface area contributed by atoms with Gasteiger partial charge >= 0.3 is 0 Å². The minimum absolute atomic E-state index is 0.0596. The molecule has 2 N–H and O–H groups in total. The highest BCUT2D eigenvalue weighted by Crippen LogP contribution is 2.33. The van der Waals surface area contributed by atoms with Crippen molar-refractivity contribution in [3.05, 3.63) is 72.3 Å². The summed E-state index contributed by atoms with van der Waals surface area (Å²) in [5, 5.41) is 6.07. The quantitative estimate of drug-likeness (QED) is 0.769. The molecular formula is C23H25N3O3. The SMILES string of the molecule is C=CCOc1ccc(CN2C[C@H]3C(=O)Nc4ccccc4C(=O)N[C@@]3(C)C2)cc1. The summed E-state index contributed by atoms with van der Waals surface area (Å²) in [6, 6.07) is 15.0. The van der Waals surface area contributed by atoms with E-state index in [1.165, 1.54) is 0 Å². The Morgan fingerprint density at radius 3 is 2.72 bits per heavy atom. The number of ether oxygens (including phenoxy) is 1. The van der Waals surface area contributed by atoms with E-state index in [0.29, 0.717) is 37.5 Å². The first-order valence-electron chi connectivity index (χ1n) is 9.76. The first-order valence-corrected chi connectivity index (χ1v) is 9.76. The molecule has 2 atom stereocenters. The molecular weight excluding hydrogens is 366 g/mol. The minimum Gasteiger partial charge on any atom is -0.490 e. The Labute approximate surface area is 170 Å². The normalized spacial score (nSPS) is 23.8. The van der Waals surface area contributed by atoms with Gasteiger partial charge in [0.25, 0.3) is 5.91 Å². The Morgan fingerprint density at radius 2 is 1.97 bits per heavy atom. The number of para-hydroxylation sites is 1. The van der Waals surface area contributed by atoms with E-state index in [0.717, 1.165) is 11.3 Å². The van der Waals surface area contributed by atoms with Gasteiger partial charge in [-0.05, 0) is 36.8 Å². The van der Waals surface area contributed by atoms with E-state index in [2.05, 4.69) is 22.1 Å². The topological polar surface area (TPSA) is 70.7 Å². The van der Waals surface area contributed by atoms with Crippen LogP contribution >= 0.6 is 0 Å². The predicted molar refractivity (Wildman–Crippen MR) is 112 cm³/mol. The molecule has 2 aromatic rings. The molecule has 0 spiro atoms. The molecule has 0 bridgehead atoms. The fourth-order valence-corrected chi connectivity index (χ4v) is 4.16. The zero-order chi connectivity index (χ0) is 20.4. The molecule has 0 unspecified atom stereocenters. The van der Waals surface area contributed by atoms with Crippen molar-refractivity contribution >= 4 is 17.5 Å². The molecule has 6 nitrogen and oxygen atoms in total. The third kappa shape index (κ3) is 3.89. The number of carbonyl (C=O) groups excluding carboxylic acids is 2. The van der Waals surface area contributed by atoms with Gasteiger partial charge in [-0.15, -0.1) is 0 Å². The van der Waals surface area contributed by atoms with Crippen LogP contribution in [0.15, 0.2) is 61.2 Å². The molecule has 2 aromatic carbocycles. The fourth-order valence-electron chi connectivity index (χ4n) is 4.16. The summed E-state index contributed by atoms with van der Waals surface area (Å²) in [4.78, 5) is 28.0. The zero-order valence-corrected chi connectivity index (χ0v) is 16.5. The van der Waals surface area contributed by atoms with E-state index >= 15 is 0 Å². The van der Waals surface area contributed by atoms with Crippen molar-refractivity contribution in [2.24, 2.45) is 5.92 Å². The first kappa shape index (κ1) is 19.2. The molecule has 29 heavy (non-hydrogen) atoms. The molecule has 2 amide bonds. The molecule has 2 aliphatic rings. The van der Waals surface area contributed by atoms with Crippen LogP contribution in [0.25, 0.3) is 0 Å². The van der Waals surface area contributed by atoms with Crippen molar-refractivity contribution < 1.29 is 14.3 Å². The van der Waals surface area contributed by atoms with Crippen LogP contribution in [0.3, 0.4) is 0 Å². The molecule has 2 heterocycles. The summed E-state index contributed by atoms with van der Waals surface area (Å²) in [7, 11) is 0. The molecule has 0 aromatic heterocycles. The Balaban J connectivity index is 1.50. The number of benzene rings is 2. The number of nitrogens with zero attached hydrogens (tertiary/aromatic N) is 1. The molecule has 0 radical (unpaired) electrons. The zero-order valence-electron chi connectivity index (χ0n) is 16.5. The van der Waals surface area contributed by atoms with Crippen molar-refractivity contribution in [1.29, 1.82) is 0 Å². The number of anilines is 1. The van der Waals surface area contributed by atoms with Crippen molar-refractivity contribution in [2.75, 3.05) is 25.0 Å². The number of nitrogens with one attached hydrogen (secondary N) is 2. The molecule has 4 rings (SSSR count). The van der Waals surface area contributed by atoms with Gasteiger partial charge in [0, 0.05) is 19.6 Å². The highest BCUT2D eigenvalue weighted by Gasteiger charge is 2.49. The van der Waals surface area contributed by atoms with Gasteiger partial charge < -0.3 is 15.4 Å². The summed E-state index contributed by atoms with van der Waals surface area (Å²) in [5.41, 5.74) is 1.56. The van der Waals surface area contributed by atoms with Crippen molar-refractivity contribution in [3.63, 3.8) is 0 Å². The van der Waals surface area contributed by atoms with E-state index < -0.39 is 5.54 Å². The predicted octanol–water partition coefficient (Wildman–Crippen LogP) is 2.82. The standard InChI is InChI=1S/C23H25N3O3/c1-3-12-29-17-10-8-16(9-11-17)13-26-14-19-22(28)24-20-7-5-4-6-18(20)21(27)25-23(19,2)15-26/h3-11,19H,1,12-15H2,2H3,(H,24,28)(H,25,27)/t19-,23-/m0/s1. The third-order valence-corrected chi connectivity index (χ3v) is 5.60. The lowest BCUT2D eigenvalue weighted by Crippen LogP contribution is -2.56. The average Bonchev–Trinajstić information content (AvgIpc) is 3.02. The average molecular weight is 391 g/mol. The summed E-state index contributed by atoms with van der Waals surface area (Å²) < 4.78 is 5.53. The Bertz CT molecular complexity index is 941. The van der Waals surface area contributed by atoms with E-state index in [1.807, 2.05) is 37.3 Å². The maximum absolute atomic E-state index is 13.0. The Morgan fingerprint density at radius 1 is 1.21 bits per heavy atom. The Hall–Kier alpha value is -3.12. The number of hydrogen-bond donors (Lipinski definition) is 2. The highest BCUT2D eigenvalue weighted by molar-refractivity contribution is 6.06. The molecule has 0 saturated carbocycles. The highest BCUT2D eigenvalue weighted by atomic mass is 16.5. The smallest absolute Gasteiger partial charge is 0.253 e. The van der Waals surface area contributed by atoms with Gasteiger partial charge in [-0.25, -0.2) is 0 Å². The van der Waals surface area contributed by atoms with Gasteiger partial charge in [0.2, 0.25) is 5.91 Å². The maximum atomic E-state index is 13.0. The largest absolute Gasteiger partial charge is 0.490 e. The monoisotopic (exact) mass is 391 g/mol. The Kier molecular flexibility index (Phi) is 5.11. The van der Waals surface area contributed by atoms with E-state index in [9.17, 15) is 9.59 Å². The second kappa shape index (κ2) is 7.72. The molecule has 6 heteroatoms. The molecule has 0 aliphatic carbocycles. The number of carbonyl (C=O) groups is 2. The molecule has 1 fully saturated rings. The van der Waals surface area contributed by atoms with E-state index in [1.54, 1.807) is 24.3 Å². The van der Waals surface area contributed by atoms with Crippen LogP contribution in [0.5, 0.6) is 5.75 Å². The van der Waals surface area contributed by atoms with Crippen molar-refractivity contribution in [2.45, 2.75) is 19.0 Å². The lowest BCUT2D eigenvalue weighted by Gasteiger charge is -2.33. The lowest BCUT2D eigenvalue weighted by atomic mass is 9.86. The number of amides is 2.